The van der Waals surface area contributed by atoms with E-state index in [4.69, 9.17) is 52.7 Å². The van der Waals surface area contributed by atoms with Crippen molar-refractivity contribution in [1.29, 1.82) is 0 Å². The molecule has 13 aromatic heterocycles. The molecule has 17 aromatic rings. The lowest BCUT2D eigenvalue weighted by Gasteiger charge is -2.36. The maximum Gasteiger partial charge on any atom is 0.291 e. The number of anilines is 4. The third kappa shape index (κ3) is 22.6. The predicted molar refractivity (Wildman–Crippen MR) is 578 cm³/mol. The topological polar surface area (TPSA) is 475 Å². The number of nitrogens with zero attached hydrogens (tertiary/aromatic N) is 24. The van der Waals surface area contributed by atoms with E-state index < -0.39 is 10.0 Å². The van der Waals surface area contributed by atoms with Gasteiger partial charge in [0.1, 0.15) is 35.7 Å². The van der Waals surface area contributed by atoms with Crippen LogP contribution in [0.1, 0.15) is 121 Å². The number of nitrogens with two attached hydrogens (primary N) is 5. The first-order valence-electron chi connectivity index (χ1n) is 48.5. The molecule has 5 fully saturated rings. The average Bonchev–Trinajstić information content (AvgIpc) is 1.65. The number of amides is 4. The van der Waals surface area contributed by atoms with Gasteiger partial charge >= 0.3 is 0 Å². The fourth-order valence-corrected chi connectivity index (χ4v) is 22.2. The number of H-pyrrole nitrogens is 1. The van der Waals surface area contributed by atoms with Crippen LogP contribution in [0.2, 0.25) is 0 Å². The van der Waals surface area contributed by atoms with E-state index in [1.807, 2.05) is 230 Å². The number of carbonyl (C=O) groups excluding carboxylic acids is 4. The van der Waals surface area contributed by atoms with Crippen LogP contribution < -0.4 is 28.1 Å². The molecule has 5 aliphatic heterocycles. The number of sulfonamides is 1. The van der Waals surface area contributed by atoms with Crippen molar-refractivity contribution in [2.75, 3.05) is 128 Å². The summed E-state index contributed by atoms with van der Waals surface area (Å²) in [6.45, 7) is 7.63. The number of nitrogen functional groups attached to an aromatic ring is 4. The monoisotopic (exact) mass is 2250 g/mol. The minimum absolute atomic E-state index is 0.0568. The fourth-order valence-electron chi connectivity index (χ4n) is 19.4. The van der Waals surface area contributed by atoms with Crippen molar-refractivity contribution in [3.63, 3.8) is 0 Å². The van der Waals surface area contributed by atoms with Crippen molar-refractivity contribution in [3.8, 4) is 89.5 Å². The molecule has 5 saturated heterocycles. The number of hydrogen-bond acceptors (Lipinski definition) is 27. The maximum atomic E-state index is 13.0. The van der Waals surface area contributed by atoms with Gasteiger partial charge in [0.15, 0.2) is 22.6 Å². The lowest BCUT2D eigenvalue weighted by Crippen LogP contribution is -2.51. The number of likely N-dealkylation sites (tertiary alicyclic amines) is 4. The van der Waals surface area contributed by atoms with Gasteiger partial charge < -0.3 is 57.1 Å². The Bertz CT molecular complexity index is 7700. The number of ether oxygens (including phenoxy) is 1. The van der Waals surface area contributed by atoms with E-state index in [0.29, 0.717) is 122 Å². The number of nitrogens with one attached hydrogen (secondary N) is 1. The zero-order valence-electron chi connectivity index (χ0n) is 80.9. The van der Waals surface area contributed by atoms with E-state index in [1.165, 1.54) is 6.33 Å². The fraction of sp³-hybridized carbons (Fsp3) is 0.295. The molecule has 0 aliphatic carbocycles. The van der Waals surface area contributed by atoms with Crippen LogP contribution in [0.15, 0.2) is 244 Å². The van der Waals surface area contributed by atoms with Crippen molar-refractivity contribution in [1.82, 2.24) is 123 Å². The molecule has 0 bridgehead atoms. The number of hydrogen-bond donors (Lipinski definition) is 6. The zero-order chi connectivity index (χ0) is 102. The van der Waals surface area contributed by atoms with Gasteiger partial charge in [-0.3, -0.25) is 44.2 Å². The number of aromatic nitrogens is 19. The van der Waals surface area contributed by atoms with Gasteiger partial charge in [0.2, 0.25) is 27.7 Å². The third-order valence-electron chi connectivity index (χ3n) is 27.4. The van der Waals surface area contributed by atoms with E-state index >= 15 is 0 Å². The number of rotatable bonds is 20. The van der Waals surface area contributed by atoms with Gasteiger partial charge in [0.25, 0.3) is 11.8 Å². The maximum absolute atomic E-state index is 13.0. The largest absolute Gasteiger partial charge is 0.383 e. The average molecular weight is 2250 g/mol. The van der Waals surface area contributed by atoms with Crippen LogP contribution in [0.3, 0.4) is 0 Å². The number of morpholine rings is 1. The van der Waals surface area contributed by atoms with Crippen LogP contribution in [0, 0.1) is 0 Å². The van der Waals surface area contributed by atoms with E-state index in [9.17, 15) is 27.6 Å². The number of pyridine rings is 4. The Kier molecular flexibility index (Phi) is 31.1. The molecule has 1 unspecified atom stereocenters. The number of fused-ring (bicyclic) bond motifs is 4. The minimum atomic E-state index is -3.56. The smallest absolute Gasteiger partial charge is 0.291 e. The lowest BCUT2D eigenvalue weighted by molar-refractivity contribution is -0.149. The van der Waals surface area contributed by atoms with Crippen LogP contribution in [-0.2, 0) is 29.1 Å². The van der Waals surface area contributed by atoms with Crippen LogP contribution in [0.5, 0.6) is 0 Å². The molecular formula is C105H108Br4N30O7S. The summed E-state index contributed by atoms with van der Waals surface area (Å²) < 4.78 is 37.6. The van der Waals surface area contributed by atoms with Gasteiger partial charge in [-0.1, -0.05) is 146 Å². The highest BCUT2D eigenvalue weighted by molar-refractivity contribution is 9.11. The molecule has 0 saturated carbocycles. The Morgan fingerprint density at radius 1 is 0.401 bits per heavy atom. The summed E-state index contributed by atoms with van der Waals surface area (Å²) in [6, 6.07) is 56.3. The SMILES string of the molecule is CN(C)CC(=O)N1CCC(c2nc3c(-c4ccc(-c5ccccc5)nc4)cnn3c(N)c2Br)CC1.CN1CCOC(C(=O)N2CCC(c3nc4c(-c5ccc(-c6ccccc6)nc5)cnn4c(N)c3Br)CC2)C1.Nc1c(Br)c(C2CCN(C(=O)CCCS(N)(=O)=O)CC2)nc2c(-c3ccc(-c4ccccc4)nc3)cnn12.Nc1c(Br)c(C2CCN(C(=O)c3ncn[nH]3)CC2)nc2c(-c3ccc(-c4ccccc4)nc3)cnn12. The zero-order valence-corrected chi connectivity index (χ0v) is 88.1. The highest BCUT2D eigenvalue weighted by Crippen LogP contribution is 2.44. The van der Waals surface area contributed by atoms with Crippen molar-refractivity contribution in [2.45, 2.75) is 94.0 Å². The first-order valence-corrected chi connectivity index (χ1v) is 53.4. The van der Waals surface area contributed by atoms with Crippen molar-refractivity contribution in [3.05, 3.63) is 272 Å². The summed E-state index contributed by atoms with van der Waals surface area (Å²) in [4.78, 5) is 105. The van der Waals surface area contributed by atoms with Gasteiger partial charge in [-0.2, -0.15) is 43.6 Å². The third-order valence-corrected chi connectivity index (χ3v) is 31.5. The molecule has 1 atom stereocenters. The quantitative estimate of drug-likeness (QED) is 0.0413. The van der Waals surface area contributed by atoms with Gasteiger partial charge in [0.05, 0.1) is 107 Å². The Labute approximate surface area is 881 Å². The van der Waals surface area contributed by atoms with Crippen LogP contribution >= 0.6 is 63.7 Å². The van der Waals surface area contributed by atoms with E-state index in [2.05, 4.69) is 124 Å². The number of aromatic amines is 1. The second kappa shape index (κ2) is 45.1. The molecular weight excluding hydrogens is 2150 g/mol. The number of carbonyl (C=O) groups is 4. The molecule has 5 aliphatic rings. The normalized spacial score (nSPS) is 15.8. The van der Waals surface area contributed by atoms with Crippen molar-refractivity contribution >= 4 is 143 Å². The number of piperidine rings is 4. The first kappa shape index (κ1) is 102. The highest BCUT2D eigenvalue weighted by atomic mass is 79.9. The van der Waals surface area contributed by atoms with Gasteiger partial charge in [-0.05, 0) is 167 Å². The van der Waals surface area contributed by atoms with Crippen LogP contribution in [0.4, 0.5) is 23.3 Å². The lowest BCUT2D eigenvalue weighted by atomic mass is 9.92. The van der Waals surface area contributed by atoms with Crippen molar-refractivity contribution < 1.29 is 32.3 Å². The minimum Gasteiger partial charge on any atom is -0.383 e. The molecule has 754 valence electrons. The summed E-state index contributed by atoms with van der Waals surface area (Å²) in [5, 5.41) is 29.4. The predicted octanol–water partition coefficient (Wildman–Crippen LogP) is 15.4. The molecule has 37 nitrogen and oxygen atoms in total. The Hall–Kier alpha value is -14.1. The molecule has 11 N–H and O–H groups in total. The van der Waals surface area contributed by atoms with Gasteiger partial charge in [-0.15, -0.1) is 0 Å². The Morgan fingerprint density at radius 3 is 1.00 bits per heavy atom. The number of halogens is 4. The van der Waals surface area contributed by atoms with Gasteiger partial charge in [0, 0.05) is 187 Å². The number of benzene rings is 4. The second-order valence-electron chi connectivity index (χ2n) is 37.3. The molecule has 18 heterocycles. The standard InChI is InChI=1S/C28H30BrN7O2.C26H28BrN7O3S.C26H28BrN7O.C25H22BrN9O/c1-34-13-14-38-23(17-34)28(37)35-11-9-19(10-12-35)25-24(29)26(30)36-27(33-25)21(16-32-36)20-7-8-22(31-15-20)18-5-3-2-4-6-18;27-23-24(18-10-12-33(13-11-18)22(35)7-4-14-38(29,36)37)32-26-20(16-31-34(26)25(23)28)19-8-9-21(30-15-19)17-5-2-1-3-6-17;1-32(2)16-22(35)33-12-10-18(11-13-33)24-23(27)25(28)34-26(31-24)20(15-30-34)19-8-9-21(29-14-19)17-6-4-3-5-7-17;26-20-21(16-8-10-34(11-9-16)25(36)23-29-14-30-33-23)32-24-18(13-31-35(24)22(20)27)17-6-7-19(28-12-17)15-4-2-1-3-5-15/h2-8,15-16,19,23H,9-14,17,30H2,1H3;1-3,5-6,8-9,15-16,18H,4,7,10-14,28H2,(H2,29,36,37);3-9,14-15,18H,10-13,16,28H2,1-2H3;1-7,12-14,16H,8-11,27H2,(H,29,30,33). The molecule has 22 rings (SSSR count). The molecule has 0 spiro atoms. The summed E-state index contributed by atoms with van der Waals surface area (Å²) in [6.07, 6.45) is 22.1. The highest BCUT2D eigenvalue weighted by Gasteiger charge is 2.37. The summed E-state index contributed by atoms with van der Waals surface area (Å²) in [5.74, 6) is 2.76. The van der Waals surface area contributed by atoms with Crippen LogP contribution in [-0.4, -0.2) is 267 Å². The van der Waals surface area contributed by atoms with Crippen LogP contribution in [0.25, 0.3) is 112 Å². The van der Waals surface area contributed by atoms with E-state index in [0.717, 1.165) is 184 Å². The Balaban J connectivity index is 0.000000124. The van der Waals surface area contributed by atoms with E-state index in [1.54, 1.807) is 52.6 Å². The second-order valence-corrected chi connectivity index (χ2v) is 42.2. The Morgan fingerprint density at radius 2 is 0.714 bits per heavy atom. The molecule has 42 heteroatoms. The molecule has 147 heavy (non-hydrogen) atoms. The first-order chi connectivity index (χ1) is 71.2. The number of primary sulfonamides is 1. The number of likely N-dealkylation sites (N-methyl/N-ethyl adjacent to an activating group) is 2. The van der Waals surface area contributed by atoms with Gasteiger partial charge in [-0.25, -0.2) is 38.5 Å². The summed E-state index contributed by atoms with van der Waals surface area (Å²) in [5.41, 5.74) is 47.2. The summed E-state index contributed by atoms with van der Waals surface area (Å²) in [7, 11) is 2.29. The molecule has 0 radical (unpaired) electrons. The summed E-state index contributed by atoms with van der Waals surface area (Å²) >= 11 is 14.6. The van der Waals surface area contributed by atoms with Crippen molar-refractivity contribution in [2.24, 2.45) is 5.14 Å². The van der Waals surface area contributed by atoms with E-state index in [-0.39, 0.29) is 77.8 Å². The molecule has 4 amide bonds. The molecule has 4 aromatic carbocycles.